The molecule has 0 bridgehead atoms. The van der Waals surface area contributed by atoms with Gasteiger partial charge in [0.25, 0.3) is 0 Å². The number of hydrogen-bond acceptors (Lipinski definition) is 2. The summed E-state index contributed by atoms with van der Waals surface area (Å²) in [5.41, 5.74) is -1.11. The Morgan fingerprint density at radius 1 is 1.58 bits per heavy atom. The third-order valence-corrected chi connectivity index (χ3v) is 2.58. The van der Waals surface area contributed by atoms with Gasteiger partial charge in [0, 0.05) is 0 Å². The van der Waals surface area contributed by atoms with E-state index in [4.69, 9.17) is 0 Å². The molecule has 0 spiro atoms. The molecule has 0 saturated heterocycles. The lowest BCUT2D eigenvalue weighted by molar-refractivity contribution is -0.134. The molecule has 0 heterocycles. The smallest absolute Gasteiger partial charge is 0.160 e. The van der Waals surface area contributed by atoms with Crippen molar-refractivity contribution in [2.24, 2.45) is 5.92 Å². The number of carbonyl (C=O) groups excluding carboxylic acids is 1. The minimum Gasteiger partial charge on any atom is -0.382 e. The molecule has 2 heteroatoms. The van der Waals surface area contributed by atoms with E-state index < -0.39 is 5.60 Å². The Labute approximate surface area is 75.0 Å². The molecule has 0 aliphatic carbocycles. The van der Waals surface area contributed by atoms with E-state index in [0.717, 1.165) is 12.8 Å². The Balaban J connectivity index is 3.83. The highest BCUT2D eigenvalue weighted by atomic mass is 16.3. The summed E-state index contributed by atoms with van der Waals surface area (Å²) in [5.74, 6) is 0.460. The number of rotatable bonds is 5. The normalized spacial score (nSPS) is 18.4. The summed E-state index contributed by atoms with van der Waals surface area (Å²) >= 11 is 0. The molecule has 0 aliphatic rings. The van der Waals surface area contributed by atoms with Gasteiger partial charge in [0.1, 0.15) is 5.60 Å². The number of Topliss-reactive ketones (excluding diaryl/α,β-unsaturated/α-hetero) is 1. The first-order valence-electron chi connectivity index (χ1n) is 4.63. The topological polar surface area (TPSA) is 37.3 Å². The maximum absolute atomic E-state index is 10.9. The van der Waals surface area contributed by atoms with Crippen molar-refractivity contribution >= 4 is 5.78 Å². The van der Waals surface area contributed by atoms with Crippen molar-refractivity contribution in [3.63, 3.8) is 0 Å². The van der Waals surface area contributed by atoms with Crippen LogP contribution >= 0.6 is 0 Å². The van der Waals surface area contributed by atoms with Gasteiger partial charge < -0.3 is 5.11 Å². The summed E-state index contributed by atoms with van der Waals surface area (Å²) in [6.45, 7) is 7.29. The molecular weight excluding hydrogens is 152 g/mol. The van der Waals surface area contributed by atoms with Crippen LogP contribution in [0.3, 0.4) is 0 Å². The Kier molecular flexibility index (Phi) is 4.46. The van der Waals surface area contributed by atoms with Gasteiger partial charge in [-0.25, -0.2) is 0 Å². The molecule has 0 aromatic rings. The highest BCUT2D eigenvalue weighted by Crippen LogP contribution is 2.18. The van der Waals surface area contributed by atoms with Crippen LogP contribution in [0.1, 0.15) is 47.0 Å². The van der Waals surface area contributed by atoms with Gasteiger partial charge in [-0.05, 0) is 32.6 Å². The fourth-order valence-corrected chi connectivity index (χ4v) is 0.908. The van der Waals surface area contributed by atoms with Crippen LogP contribution in [0.4, 0.5) is 0 Å². The van der Waals surface area contributed by atoms with Crippen LogP contribution in [0.25, 0.3) is 0 Å². The van der Waals surface area contributed by atoms with Crippen LogP contribution < -0.4 is 0 Å². The zero-order chi connectivity index (χ0) is 9.78. The molecule has 2 atom stereocenters. The summed E-state index contributed by atoms with van der Waals surface area (Å²) in [5, 5.41) is 9.59. The van der Waals surface area contributed by atoms with Crippen molar-refractivity contribution in [3.8, 4) is 0 Å². The summed E-state index contributed by atoms with van der Waals surface area (Å²) in [7, 11) is 0. The van der Waals surface area contributed by atoms with Crippen LogP contribution in [-0.4, -0.2) is 16.5 Å². The third kappa shape index (κ3) is 3.86. The second-order valence-corrected chi connectivity index (χ2v) is 3.88. The van der Waals surface area contributed by atoms with E-state index in [1.165, 1.54) is 6.92 Å². The van der Waals surface area contributed by atoms with Crippen LogP contribution in [0.2, 0.25) is 0 Å². The zero-order valence-corrected chi connectivity index (χ0v) is 8.55. The first kappa shape index (κ1) is 11.6. The highest BCUT2D eigenvalue weighted by Gasteiger charge is 2.25. The Morgan fingerprint density at radius 2 is 2.08 bits per heavy atom. The molecule has 1 N–H and O–H groups in total. The second-order valence-electron chi connectivity index (χ2n) is 3.88. The fraction of sp³-hybridized carbons (Fsp3) is 0.900. The lowest BCUT2D eigenvalue weighted by Gasteiger charge is -2.21. The van der Waals surface area contributed by atoms with Gasteiger partial charge in [-0.3, -0.25) is 4.79 Å². The summed E-state index contributed by atoms with van der Waals surface area (Å²) in [4.78, 5) is 10.9. The van der Waals surface area contributed by atoms with Crippen molar-refractivity contribution in [2.75, 3.05) is 0 Å². The molecule has 0 radical (unpaired) electrons. The SMILES string of the molecule is CCC(C)CCC(C)(O)C(C)=O. The Hall–Kier alpha value is -0.370. The molecule has 12 heavy (non-hydrogen) atoms. The van der Waals surface area contributed by atoms with Crippen molar-refractivity contribution in [1.29, 1.82) is 0 Å². The fourth-order valence-electron chi connectivity index (χ4n) is 0.908. The average Bonchev–Trinajstić information content (AvgIpc) is 2.00. The molecular formula is C10H20O2. The van der Waals surface area contributed by atoms with Crippen LogP contribution in [0.5, 0.6) is 0 Å². The largest absolute Gasteiger partial charge is 0.382 e. The Morgan fingerprint density at radius 3 is 2.42 bits per heavy atom. The van der Waals surface area contributed by atoms with Gasteiger partial charge in [-0.2, -0.15) is 0 Å². The lowest BCUT2D eigenvalue weighted by atomic mass is 9.91. The van der Waals surface area contributed by atoms with E-state index >= 15 is 0 Å². The maximum Gasteiger partial charge on any atom is 0.160 e. The number of carbonyl (C=O) groups is 1. The average molecular weight is 172 g/mol. The second kappa shape index (κ2) is 4.61. The van der Waals surface area contributed by atoms with Gasteiger partial charge in [0.05, 0.1) is 0 Å². The predicted octanol–water partition coefficient (Wildman–Crippen LogP) is 2.15. The molecule has 0 aromatic carbocycles. The van der Waals surface area contributed by atoms with Crippen LogP contribution in [0, 0.1) is 5.92 Å². The molecule has 0 fully saturated rings. The number of hydrogen-bond donors (Lipinski definition) is 1. The summed E-state index contributed by atoms with van der Waals surface area (Å²) in [6, 6.07) is 0. The third-order valence-electron chi connectivity index (χ3n) is 2.58. The minimum absolute atomic E-state index is 0.134. The molecule has 0 aliphatic heterocycles. The van der Waals surface area contributed by atoms with Gasteiger partial charge in [0.2, 0.25) is 0 Å². The van der Waals surface area contributed by atoms with E-state index in [1.807, 2.05) is 0 Å². The highest BCUT2D eigenvalue weighted by molar-refractivity contribution is 5.84. The molecule has 72 valence electrons. The van der Waals surface area contributed by atoms with Crippen molar-refractivity contribution < 1.29 is 9.90 Å². The van der Waals surface area contributed by atoms with Crippen molar-refractivity contribution in [2.45, 2.75) is 52.6 Å². The van der Waals surface area contributed by atoms with E-state index in [-0.39, 0.29) is 5.78 Å². The summed E-state index contributed by atoms with van der Waals surface area (Å²) < 4.78 is 0. The van der Waals surface area contributed by atoms with E-state index in [2.05, 4.69) is 13.8 Å². The molecule has 0 saturated carbocycles. The predicted molar refractivity (Wildman–Crippen MR) is 50.0 cm³/mol. The molecule has 0 aromatic heterocycles. The summed E-state index contributed by atoms with van der Waals surface area (Å²) in [6.07, 6.45) is 2.61. The monoisotopic (exact) mass is 172 g/mol. The van der Waals surface area contributed by atoms with E-state index in [9.17, 15) is 9.90 Å². The van der Waals surface area contributed by atoms with Crippen LogP contribution in [-0.2, 0) is 4.79 Å². The minimum atomic E-state index is -1.11. The Bertz CT molecular complexity index is 150. The van der Waals surface area contributed by atoms with Gasteiger partial charge >= 0.3 is 0 Å². The van der Waals surface area contributed by atoms with Crippen LogP contribution in [0.15, 0.2) is 0 Å². The van der Waals surface area contributed by atoms with Crippen molar-refractivity contribution in [1.82, 2.24) is 0 Å². The zero-order valence-electron chi connectivity index (χ0n) is 8.55. The molecule has 0 amide bonds. The standard InChI is InChI=1S/C10H20O2/c1-5-8(2)6-7-10(4,12)9(3)11/h8,12H,5-7H2,1-4H3. The first-order valence-corrected chi connectivity index (χ1v) is 4.63. The number of aliphatic hydroxyl groups is 1. The van der Waals surface area contributed by atoms with Gasteiger partial charge in [-0.1, -0.05) is 20.3 Å². The molecule has 0 rings (SSSR count). The van der Waals surface area contributed by atoms with E-state index in [0.29, 0.717) is 12.3 Å². The number of ketones is 1. The molecule has 2 nitrogen and oxygen atoms in total. The molecule has 2 unspecified atom stereocenters. The first-order chi connectivity index (χ1) is 5.40. The van der Waals surface area contributed by atoms with E-state index in [1.54, 1.807) is 6.92 Å². The van der Waals surface area contributed by atoms with Gasteiger partial charge in [0.15, 0.2) is 5.78 Å². The quantitative estimate of drug-likeness (QED) is 0.690. The van der Waals surface area contributed by atoms with Gasteiger partial charge in [-0.15, -0.1) is 0 Å². The van der Waals surface area contributed by atoms with Crippen molar-refractivity contribution in [3.05, 3.63) is 0 Å². The lowest BCUT2D eigenvalue weighted by Crippen LogP contribution is -2.33. The maximum atomic E-state index is 10.9.